The largest absolute Gasteiger partial charge is 0.487 e. The normalized spacial score (nSPS) is 13.8. The lowest BCUT2D eigenvalue weighted by Gasteiger charge is -2.10. The zero-order valence-corrected chi connectivity index (χ0v) is 17.2. The SMILES string of the molecule is CN1CC(c2ccc(OCc3ccc4ccccc4n3)cc2)=C(c2ccncc2)C1=O. The van der Waals surface area contributed by atoms with Crippen LogP contribution in [0, 0.1) is 0 Å². The molecule has 1 aliphatic heterocycles. The number of rotatable bonds is 5. The molecule has 0 saturated heterocycles. The van der Waals surface area contributed by atoms with Crippen molar-refractivity contribution in [2.24, 2.45) is 0 Å². The zero-order chi connectivity index (χ0) is 21.2. The van der Waals surface area contributed by atoms with E-state index in [-0.39, 0.29) is 5.91 Å². The third-order valence-corrected chi connectivity index (χ3v) is 5.47. The fourth-order valence-electron chi connectivity index (χ4n) is 3.86. The topological polar surface area (TPSA) is 55.3 Å². The van der Waals surface area contributed by atoms with E-state index < -0.39 is 0 Å². The van der Waals surface area contributed by atoms with Gasteiger partial charge in [-0.15, -0.1) is 0 Å². The Labute approximate surface area is 180 Å². The average molecular weight is 407 g/mol. The van der Waals surface area contributed by atoms with Gasteiger partial charge in [0, 0.05) is 31.4 Å². The van der Waals surface area contributed by atoms with Crippen molar-refractivity contribution >= 4 is 28.0 Å². The van der Waals surface area contributed by atoms with Gasteiger partial charge in [0.1, 0.15) is 12.4 Å². The Morgan fingerprint density at radius 2 is 1.68 bits per heavy atom. The van der Waals surface area contributed by atoms with E-state index in [1.165, 1.54) is 0 Å². The number of para-hydroxylation sites is 1. The van der Waals surface area contributed by atoms with Crippen LogP contribution in [0.2, 0.25) is 0 Å². The van der Waals surface area contributed by atoms with Crippen molar-refractivity contribution < 1.29 is 9.53 Å². The Morgan fingerprint density at radius 1 is 0.903 bits per heavy atom. The number of hydrogen-bond donors (Lipinski definition) is 0. The summed E-state index contributed by atoms with van der Waals surface area (Å²) in [5.41, 5.74) is 5.50. The maximum Gasteiger partial charge on any atom is 0.254 e. The van der Waals surface area contributed by atoms with E-state index in [1.807, 2.05) is 73.8 Å². The fraction of sp³-hybridized carbons (Fsp3) is 0.115. The second-order valence-corrected chi connectivity index (χ2v) is 7.56. The van der Waals surface area contributed by atoms with Crippen LogP contribution in [-0.4, -0.2) is 34.4 Å². The molecule has 4 aromatic rings. The molecule has 152 valence electrons. The summed E-state index contributed by atoms with van der Waals surface area (Å²) in [6.07, 6.45) is 3.42. The van der Waals surface area contributed by atoms with Crippen LogP contribution < -0.4 is 4.74 Å². The number of carbonyl (C=O) groups is 1. The second-order valence-electron chi connectivity index (χ2n) is 7.56. The Kier molecular flexibility index (Phi) is 4.92. The van der Waals surface area contributed by atoms with E-state index >= 15 is 0 Å². The Bertz CT molecular complexity index is 1280. The molecule has 31 heavy (non-hydrogen) atoms. The second kappa shape index (κ2) is 8.03. The van der Waals surface area contributed by atoms with Crippen molar-refractivity contribution in [1.29, 1.82) is 0 Å². The van der Waals surface area contributed by atoms with Gasteiger partial charge in [0.25, 0.3) is 5.91 Å². The standard InChI is InChI=1S/C26H21N3O2/c1-29-16-23(25(26(29)30)20-12-14-27-15-13-20)18-7-10-22(11-8-18)31-17-21-9-6-19-4-2-3-5-24(19)28-21/h2-15H,16-17H2,1H3. The predicted molar refractivity (Wildman–Crippen MR) is 121 cm³/mol. The lowest BCUT2D eigenvalue weighted by Crippen LogP contribution is -2.21. The van der Waals surface area contributed by atoms with Gasteiger partial charge < -0.3 is 9.64 Å². The first-order chi connectivity index (χ1) is 15.2. The smallest absolute Gasteiger partial charge is 0.254 e. The van der Waals surface area contributed by atoms with Gasteiger partial charge in [-0.2, -0.15) is 0 Å². The van der Waals surface area contributed by atoms with Gasteiger partial charge in [-0.05, 0) is 53.1 Å². The van der Waals surface area contributed by atoms with Gasteiger partial charge >= 0.3 is 0 Å². The van der Waals surface area contributed by atoms with Gasteiger partial charge in [0.05, 0.1) is 16.8 Å². The number of ether oxygens (including phenoxy) is 1. The minimum atomic E-state index is 0.0314. The summed E-state index contributed by atoms with van der Waals surface area (Å²) in [5.74, 6) is 0.798. The van der Waals surface area contributed by atoms with Gasteiger partial charge in [0.2, 0.25) is 0 Å². The van der Waals surface area contributed by atoms with Crippen LogP contribution in [0.25, 0.3) is 22.0 Å². The van der Waals surface area contributed by atoms with Crippen LogP contribution in [0.15, 0.2) is 85.2 Å². The summed E-state index contributed by atoms with van der Waals surface area (Å²) in [6.45, 7) is 0.980. The Morgan fingerprint density at radius 3 is 2.48 bits per heavy atom. The third kappa shape index (κ3) is 3.78. The van der Waals surface area contributed by atoms with Crippen molar-refractivity contribution in [2.75, 3.05) is 13.6 Å². The van der Waals surface area contributed by atoms with E-state index in [9.17, 15) is 4.79 Å². The maximum absolute atomic E-state index is 12.7. The summed E-state index contributed by atoms with van der Waals surface area (Å²) in [5, 5.41) is 1.12. The van der Waals surface area contributed by atoms with Gasteiger partial charge in [-0.1, -0.05) is 36.4 Å². The molecule has 1 aliphatic rings. The van der Waals surface area contributed by atoms with Crippen LogP contribution >= 0.6 is 0 Å². The first-order valence-electron chi connectivity index (χ1n) is 10.2. The molecule has 0 N–H and O–H groups in total. The third-order valence-electron chi connectivity index (χ3n) is 5.47. The van der Waals surface area contributed by atoms with Crippen LogP contribution in [0.5, 0.6) is 5.75 Å². The highest BCUT2D eigenvalue weighted by molar-refractivity contribution is 6.30. The number of amides is 1. The first-order valence-corrected chi connectivity index (χ1v) is 10.2. The van der Waals surface area contributed by atoms with Crippen LogP contribution in [0.1, 0.15) is 16.8 Å². The molecule has 2 aromatic carbocycles. The number of carbonyl (C=O) groups excluding carboxylic acids is 1. The molecule has 2 aromatic heterocycles. The molecule has 5 rings (SSSR count). The lowest BCUT2D eigenvalue weighted by atomic mass is 9.97. The molecule has 0 saturated carbocycles. The summed E-state index contributed by atoms with van der Waals surface area (Å²) in [7, 11) is 1.82. The number of hydrogen-bond acceptors (Lipinski definition) is 4. The number of likely N-dealkylation sites (N-methyl/N-ethyl adjacent to an activating group) is 1. The summed E-state index contributed by atoms with van der Waals surface area (Å²) < 4.78 is 5.95. The predicted octanol–water partition coefficient (Wildman–Crippen LogP) is 4.59. The molecule has 0 aliphatic carbocycles. The number of aromatic nitrogens is 2. The van der Waals surface area contributed by atoms with Crippen molar-refractivity contribution in [1.82, 2.24) is 14.9 Å². The van der Waals surface area contributed by atoms with Crippen LogP contribution in [-0.2, 0) is 11.4 Å². The van der Waals surface area contributed by atoms with Crippen LogP contribution in [0.4, 0.5) is 0 Å². The van der Waals surface area contributed by atoms with E-state index in [0.29, 0.717) is 13.2 Å². The monoisotopic (exact) mass is 407 g/mol. The fourth-order valence-corrected chi connectivity index (χ4v) is 3.86. The van der Waals surface area contributed by atoms with Gasteiger partial charge in [0.15, 0.2) is 0 Å². The van der Waals surface area contributed by atoms with E-state index in [2.05, 4.69) is 16.0 Å². The number of pyridine rings is 2. The highest BCUT2D eigenvalue weighted by Gasteiger charge is 2.29. The number of benzene rings is 2. The zero-order valence-electron chi connectivity index (χ0n) is 17.2. The molecule has 0 atom stereocenters. The summed E-state index contributed by atoms with van der Waals surface area (Å²) >= 11 is 0. The summed E-state index contributed by atoms with van der Waals surface area (Å²) in [6, 6.07) is 23.7. The van der Waals surface area contributed by atoms with Crippen molar-refractivity contribution in [3.8, 4) is 5.75 Å². The van der Waals surface area contributed by atoms with Gasteiger partial charge in [-0.3, -0.25) is 9.78 Å². The molecule has 0 unspecified atom stereocenters. The van der Waals surface area contributed by atoms with E-state index in [0.717, 1.165) is 44.6 Å². The van der Waals surface area contributed by atoms with Crippen molar-refractivity contribution in [3.05, 3.63) is 102 Å². The number of fused-ring (bicyclic) bond motifs is 1. The van der Waals surface area contributed by atoms with Crippen molar-refractivity contribution in [2.45, 2.75) is 6.61 Å². The Hall–Kier alpha value is -3.99. The average Bonchev–Trinajstić information content (AvgIpc) is 3.12. The minimum absolute atomic E-state index is 0.0314. The van der Waals surface area contributed by atoms with Gasteiger partial charge in [-0.25, -0.2) is 4.98 Å². The highest BCUT2D eigenvalue weighted by Crippen LogP contribution is 2.34. The van der Waals surface area contributed by atoms with Crippen molar-refractivity contribution in [3.63, 3.8) is 0 Å². The molecule has 1 amide bonds. The van der Waals surface area contributed by atoms with Crippen LogP contribution in [0.3, 0.4) is 0 Å². The molecule has 0 spiro atoms. The minimum Gasteiger partial charge on any atom is -0.487 e. The molecular weight excluding hydrogens is 386 g/mol. The molecule has 0 radical (unpaired) electrons. The molecule has 5 nitrogen and oxygen atoms in total. The lowest BCUT2D eigenvalue weighted by molar-refractivity contribution is -0.122. The Balaban J connectivity index is 1.36. The van der Waals surface area contributed by atoms with E-state index in [1.54, 1.807) is 17.3 Å². The molecule has 5 heteroatoms. The quantitative estimate of drug-likeness (QED) is 0.486. The summed E-state index contributed by atoms with van der Waals surface area (Å²) in [4.78, 5) is 23.2. The molecule has 3 heterocycles. The molecular formula is C26H21N3O2. The van der Waals surface area contributed by atoms with E-state index in [4.69, 9.17) is 4.74 Å². The molecule has 0 bridgehead atoms. The molecule has 0 fully saturated rings. The number of nitrogens with zero attached hydrogens (tertiary/aromatic N) is 3. The first kappa shape index (κ1) is 19.0. The maximum atomic E-state index is 12.7. The highest BCUT2D eigenvalue weighted by atomic mass is 16.5.